The van der Waals surface area contributed by atoms with Gasteiger partial charge in [-0.25, -0.2) is 4.79 Å². The van der Waals surface area contributed by atoms with E-state index >= 15 is 0 Å². The number of halogens is 1. The molecule has 0 bridgehead atoms. The summed E-state index contributed by atoms with van der Waals surface area (Å²) in [5, 5.41) is 10.9. The summed E-state index contributed by atoms with van der Waals surface area (Å²) >= 11 is 9.85. The highest BCUT2D eigenvalue weighted by atomic mass is 79.9. The van der Waals surface area contributed by atoms with Crippen LogP contribution in [0.3, 0.4) is 0 Å². The average Bonchev–Trinajstić information content (AvgIpc) is 3.46. The van der Waals surface area contributed by atoms with Crippen LogP contribution in [0, 0.1) is 0 Å². The molecule has 196 valence electrons. The second kappa shape index (κ2) is 11.6. The molecule has 1 atom stereocenters. The third kappa shape index (κ3) is 5.98. The number of benzene rings is 3. The number of aromatic amines is 1. The number of aliphatic carboxylic acids is 1. The molecule has 0 radical (unpaired) electrons. The number of carbonyl (C=O) groups excluding carboxylic acids is 2. The number of H-pyrrole nitrogens is 1. The largest absolute Gasteiger partial charge is 0.485 e. The maximum atomic E-state index is 13.3. The molecule has 1 amide bonds. The molecule has 3 aromatic carbocycles. The lowest BCUT2D eigenvalue weighted by molar-refractivity contribution is -0.145. The SMILES string of the molecule is O=C(COc1ccc(/C=C2\SC(=S)N([C@@H](Cc3c[nH]c4ccccc34)C(=O)O)C2=O)cc1)c1cccc(Br)c1. The van der Waals surface area contributed by atoms with E-state index in [1.165, 1.54) is 4.90 Å². The molecular formula is C29H21BrN2O5S2. The predicted octanol–water partition coefficient (Wildman–Crippen LogP) is 6.09. The van der Waals surface area contributed by atoms with Crippen LogP contribution < -0.4 is 4.74 Å². The number of carboxylic acids is 1. The molecule has 2 N–H and O–H groups in total. The Morgan fingerprint density at radius 3 is 2.62 bits per heavy atom. The van der Waals surface area contributed by atoms with Crippen LogP contribution in [0.4, 0.5) is 0 Å². The standard InChI is InChI=1S/C29H21BrN2O5S2/c30-20-5-3-4-18(13-20)25(33)16-37-21-10-8-17(9-11-21)12-26-27(34)32(29(38)39-26)24(28(35)36)14-19-15-31-23-7-2-1-6-22(19)23/h1-13,15,24,31H,14,16H2,(H,35,36)/b26-12-/t24-/m0/s1. The van der Waals surface area contributed by atoms with Crippen LogP contribution in [0.15, 0.2) is 88.4 Å². The lowest BCUT2D eigenvalue weighted by atomic mass is 10.0. The van der Waals surface area contributed by atoms with Crippen molar-refractivity contribution >= 4 is 78.9 Å². The molecule has 1 aromatic heterocycles. The second-order valence-corrected chi connectivity index (χ2v) is 11.4. The van der Waals surface area contributed by atoms with Crippen molar-refractivity contribution in [1.82, 2.24) is 9.88 Å². The van der Waals surface area contributed by atoms with E-state index < -0.39 is 17.9 Å². The first-order valence-electron chi connectivity index (χ1n) is 11.9. The highest BCUT2D eigenvalue weighted by molar-refractivity contribution is 9.10. The number of fused-ring (bicyclic) bond motifs is 1. The molecule has 39 heavy (non-hydrogen) atoms. The number of amides is 1. The summed E-state index contributed by atoms with van der Waals surface area (Å²) in [4.78, 5) is 42.5. The Bertz CT molecular complexity index is 1630. The number of thiocarbonyl (C=S) groups is 1. The maximum Gasteiger partial charge on any atom is 0.327 e. The van der Waals surface area contributed by atoms with Gasteiger partial charge in [-0.1, -0.05) is 82.4 Å². The molecule has 7 nitrogen and oxygen atoms in total. The van der Waals surface area contributed by atoms with Gasteiger partial charge in [0.05, 0.1) is 4.91 Å². The maximum absolute atomic E-state index is 13.3. The molecule has 0 unspecified atom stereocenters. The molecular weight excluding hydrogens is 600 g/mol. The Morgan fingerprint density at radius 1 is 1.10 bits per heavy atom. The highest BCUT2D eigenvalue weighted by Crippen LogP contribution is 2.35. The first-order chi connectivity index (χ1) is 18.8. The van der Waals surface area contributed by atoms with Gasteiger partial charge in [0.2, 0.25) is 0 Å². The van der Waals surface area contributed by atoms with E-state index in [1.807, 2.05) is 30.3 Å². The van der Waals surface area contributed by atoms with Gasteiger partial charge in [0, 0.05) is 33.6 Å². The molecule has 0 spiro atoms. The number of rotatable bonds is 9. The van der Waals surface area contributed by atoms with Crippen LogP contribution >= 0.6 is 39.9 Å². The Kier molecular flexibility index (Phi) is 7.97. The number of carbonyl (C=O) groups is 3. The predicted molar refractivity (Wildman–Crippen MR) is 159 cm³/mol. The zero-order valence-corrected chi connectivity index (χ0v) is 23.5. The fourth-order valence-electron chi connectivity index (χ4n) is 4.25. The minimum atomic E-state index is -1.14. The zero-order valence-electron chi connectivity index (χ0n) is 20.3. The summed E-state index contributed by atoms with van der Waals surface area (Å²) in [6.45, 7) is -0.110. The molecule has 5 rings (SSSR count). The molecule has 1 saturated heterocycles. The van der Waals surface area contributed by atoms with Gasteiger partial charge in [-0.2, -0.15) is 0 Å². The van der Waals surface area contributed by atoms with Gasteiger partial charge in [0.1, 0.15) is 16.1 Å². The van der Waals surface area contributed by atoms with Crippen molar-refractivity contribution in [3.05, 3.63) is 105 Å². The first kappa shape index (κ1) is 26.9. The lowest BCUT2D eigenvalue weighted by Crippen LogP contribution is -2.45. The summed E-state index contributed by atoms with van der Waals surface area (Å²) in [6.07, 6.45) is 3.55. The number of Topliss-reactive ketones (excluding diaryl/α,β-unsaturated/α-hetero) is 1. The zero-order chi connectivity index (χ0) is 27.5. The van der Waals surface area contributed by atoms with Gasteiger partial charge in [0.25, 0.3) is 5.91 Å². The van der Waals surface area contributed by atoms with Crippen LogP contribution in [-0.4, -0.2) is 49.6 Å². The normalized spacial score (nSPS) is 15.2. The molecule has 0 aliphatic carbocycles. The van der Waals surface area contributed by atoms with Crippen LogP contribution in [0.2, 0.25) is 0 Å². The van der Waals surface area contributed by atoms with E-state index in [1.54, 1.807) is 54.7 Å². The minimum absolute atomic E-state index is 0.110. The lowest BCUT2D eigenvalue weighted by Gasteiger charge is -2.23. The van der Waals surface area contributed by atoms with E-state index in [9.17, 15) is 19.5 Å². The van der Waals surface area contributed by atoms with Crippen molar-refractivity contribution in [3.63, 3.8) is 0 Å². The summed E-state index contributed by atoms with van der Waals surface area (Å²) in [5.41, 5.74) is 2.95. The minimum Gasteiger partial charge on any atom is -0.485 e. The summed E-state index contributed by atoms with van der Waals surface area (Å²) in [6, 6.07) is 20.5. The Balaban J connectivity index is 1.27. The molecule has 1 aliphatic rings. The average molecular weight is 622 g/mol. The van der Waals surface area contributed by atoms with Gasteiger partial charge in [0.15, 0.2) is 12.4 Å². The van der Waals surface area contributed by atoms with Crippen molar-refractivity contribution in [3.8, 4) is 5.75 Å². The summed E-state index contributed by atoms with van der Waals surface area (Å²) in [7, 11) is 0. The number of aromatic nitrogens is 1. The van der Waals surface area contributed by atoms with Gasteiger partial charge < -0.3 is 14.8 Å². The van der Waals surface area contributed by atoms with Crippen molar-refractivity contribution in [2.45, 2.75) is 12.5 Å². The molecule has 10 heteroatoms. The fraction of sp³-hybridized carbons (Fsp3) is 0.103. The number of nitrogens with one attached hydrogen (secondary N) is 1. The Labute approximate surface area is 242 Å². The quantitative estimate of drug-likeness (QED) is 0.133. The van der Waals surface area contributed by atoms with E-state index in [0.29, 0.717) is 21.8 Å². The van der Waals surface area contributed by atoms with Gasteiger partial charge in [-0.15, -0.1) is 0 Å². The third-order valence-electron chi connectivity index (χ3n) is 6.20. The number of ether oxygens (including phenoxy) is 1. The molecule has 0 saturated carbocycles. The van der Waals surface area contributed by atoms with E-state index in [0.717, 1.165) is 32.7 Å². The van der Waals surface area contributed by atoms with Crippen molar-refractivity contribution in [1.29, 1.82) is 0 Å². The number of ketones is 1. The van der Waals surface area contributed by atoms with Crippen LogP contribution in [-0.2, 0) is 16.0 Å². The van der Waals surface area contributed by atoms with Crippen LogP contribution in [0.1, 0.15) is 21.5 Å². The van der Waals surface area contributed by atoms with Crippen LogP contribution in [0.25, 0.3) is 17.0 Å². The smallest absolute Gasteiger partial charge is 0.327 e. The third-order valence-corrected chi connectivity index (χ3v) is 8.03. The monoisotopic (exact) mass is 620 g/mol. The van der Waals surface area contributed by atoms with E-state index in [2.05, 4.69) is 20.9 Å². The van der Waals surface area contributed by atoms with Crippen molar-refractivity contribution < 1.29 is 24.2 Å². The molecule has 4 aromatic rings. The number of thioether (sulfide) groups is 1. The van der Waals surface area contributed by atoms with Crippen molar-refractivity contribution in [2.24, 2.45) is 0 Å². The van der Waals surface area contributed by atoms with E-state index in [4.69, 9.17) is 17.0 Å². The number of para-hydroxylation sites is 1. The van der Waals surface area contributed by atoms with Crippen LogP contribution in [0.5, 0.6) is 5.75 Å². The Morgan fingerprint density at radius 2 is 1.87 bits per heavy atom. The second-order valence-electron chi connectivity index (χ2n) is 8.76. The fourth-order valence-corrected chi connectivity index (χ4v) is 6.01. The number of hydrogen-bond acceptors (Lipinski definition) is 6. The topological polar surface area (TPSA) is 99.7 Å². The summed E-state index contributed by atoms with van der Waals surface area (Å²) < 4.78 is 6.64. The summed E-state index contributed by atoms with van der Waals surface area (Å²) in [5.74, 6) is -1.22. The van der Waals surface area contributed by atoms with Gasteiger partial charge >= 0.3 is 5.97 Å². The molecule has 1 fully saturated rings. The Hall–Kier alpha value is -3.73. The van der Waals surface area contributed by atoms with Gasteiger partial charge in [-0.3, -0.25) is 14.5 Å². The molecule has 2 heterocycles. The van der Waals surface area contributed by atoms with Crippen molar-refractivity contribution in [2.75, 3.05) is 6.61 Å². The molecule has 1 aliphatic heterocycles. The van der Waals surface area contributed by atoms with E-state index in [-0.39, 0.29) is 23.1 Å². The number of carboxylic acid groups (broad SMARTS) is 1. The number of nitrogens with zero attached hydrogens (tertiary/aromatic N) is 1. The number of hydrogen-bond donors (Lipinski definition) is 2. The van der Waals surface area contributed by atoms with Gasteiger partial charge in [-0.05, 0) is 47.5 Å². The highest BCUT2D eigenvalue weighted by Gasteiger charge is 2.40. The first-order valence-corrected chi connectivity index (χ1v) is 13.9.